The van der Waals surface area contributed by atoms with Gasteiger partial charge < -0.3 is 9.47 Å². The van der Waals surface area contributed by atoms with E-state index in [0.717, 1.165) is 25.7 Å². The highest BCUT2D eigenvalue weighted by Crippen LogP contribution is 2.30. The van der Waals surface area contributed by atoms with Gasteiger partial charge >= 0.3 is 11.9 Å². The minimum Gasteiger partial charge on any atom is -0.466 e. The van der Waals surface area contributed by atoms with Crippen molar-refractivity contribution in [2.45, 2.75) is 79.1 Å². The molecule has 0 fully saturated rings. The molecule has 0 aliphatic rings. The molecular formula is C18H32O5. The maximum absolute atomic E-state index is 11.9. The molecule has 0 aliphatic carbocycles. The molecule has 5 heteroatoms. The molecule has 0 heterocycles. The van der Waals surface area contributed by atoms with E-state index in [0.29, 0.717) is 26.1 Å². The van der Waals surface area contributed by atoms with Crippen LogP contribution in [0, 0.1) is 5.41 Å². The summed E-state index contributed by atoms with van der Waals surface area (Å²) in [6, 6.07) is 0. The molecule has 0 saturated heterocycles. The normalized spacial score (nSPS) is 11.1. The Labute approximate surface area is 140 Å². The van der Waals surface area contributed by atoms with Gasteiger partial charge in [0.05, 0.1) is 13.2 Å². The third kappa shape index (κ3) is 10.1. The number of hydrogen-bond donors (Lipinski definition) is 0. The molecule has 0 atom stereocenters. The Bertz CT molecular complexity index is 350. The second-order valence-corrected chi connectivity index (χ2v) is 6.26. The van der Waals surface area contributed by atoms with Gasteiger partial charge in [0.25, 0.3) is 0 Å². The van der Waals surface area contributed by atoms with Crippen molar-refractivity contribution in [3.63, 3.8) is 0 Å². The standard InChI is InChI=1S/C18H32O5/c1-5-7-13-22-16(20)9-11-18(4,15(3)19)12-10-17(21)23-14-8-6-2/h5-14H2,1-4H3. The Balaban J connectivity index is 4.26. The van der Waals surface area contributed by atoms with Crippen LogP contribution in [0.3, 0.4) is 0 Å². The van der Waals surface area contributed by atoms with Crippen molar-refractivity contribution in [2.75, 3.05) is 13.2 Å². The van der Waals surface area contributed by atoms with Gasteiger partial charge in [-0.25, -0.2) is 0 Å². The lowest BCUT2D eigenvalue weighted by Gasteiger charge is -2.26. The van der Waals surface area contributed by atoms with Gasteiger partial charge in [0.2, 0.25) is 0 Å². The Morgan fingerprint density at radius 2 is 1.22 bits per heavy atom. The van der Waals surface area contributed by atoms with Gasteiger partial charge in [0, 0.05) is 18.3 Å². The van der Waals surface area contributed by atoms with Crippen LogP contribution < -0.4 is 0 Å². The zero-order chi connectivity index (χ0) is 17.7. The monoisotopic (exact) mass is 328 g/mol. The molecule has 0 bridgehead atoms. The molecule has 0 unspecified atom stereocenters. The topological polar surface area (TPSA) is 69.7 Å². The van der Waals surface area contributed by atoms with Crippen molar-refractivity contribution >= 4 is 17.7 Å². The van der Waals surface area contributed by atoms with E-state index < -0.39 is 5.41 Å². The number of unbranched alkanes of at least 4 members (excludes halogenated alkanes) is 2. The van der Waals surface area contributed by atoms with Gasteiger partial charge in [-0.05, 0) is 32.6 Å². The summed E-state index contributed by atoms with van der Waals surface area (Å²) in [7, 11) is 0. The average molecular weight is 328 g/mol. The van der Waals surface area contributed by atoms with Crippen LogP contribution in [0.15, 0.2) is 0 Å². The summed E-state index contributed by atoms with van der Waals surface area (Å²) in [4.78, 5) is 35.3. The first-order valence-corrected chi connectivity index (χ1v) is 8.68. The lowest BCUT2D eigenvalue weighted by Crippen LogP contribution is -2.28. The van der Waals surface area contributed by atoms with Crippen LogP contribution in [0.4, 0.5) is 0 Å². The molecule has 0 aliphatic heterocycles. The summed E-state index contributed by atoms with van der Waals surface area (Å²) >= 11 is 0. The van der Waals surface area contributed by atoms with Crippen molar-refractivity contribution in [3.05, 3.63) is 0 Å². The van der Waals surface area contributed by atoms with Crippen molar-refractivity contribution in [1.29, 1.82) is 0 Å². The predicted molar refractivity (Wildman–Crippen MR) is 89.0 cm³/mol. The minimum absolute atomic E-state index is 0.0137. The molecule has 23 heavy (non-hydrogen) atoms. The van der Waals surface area contributed by atoms with Crippen LogP contribution in [-0.4, -0.2) is 30.9 Å². The summed E-state index contributed by atoms with van der Waals surface area (Å²) in [5, 5.41) is 0. The summed E-state index contributed by atoms with van der Waals surface area (Å²) < 4.78 is 10.2. The smallest absolute Gasteiger partial charge is 0.305 e. The molecule has 5 nitrogen and oxygen atoms in total. The molecule has 0 aromatic heterocycles. The first kappa shape index (κ1) is 21.6. The maximum Gasteiger partial charge on any atom is 0.305 e. The van der Waals surface area contributed by atoms with Crippen LogP contribution in [0.5, 0.6) is 0 Å². The highest BCUT2D eigenvalue weighted by atomic mass is 16.5. The maximum atomic E-state index is 11.9. The van der Waals surface area contributed by atoms with Crippen LogP contribution in [0.1, 0.15) is 79.1 Å². The first-order valence-electron chi connectivity index (χ1n) is 8.68. The van der Waals surface area contributed by atoms with Gasteiger partial charge in [-0.1, -0.05) is 33.6 Å². The lowest BCUT2D eigenvalue weighted by molar-refractivity contribution is -0.145. The van der Waals surface area contributed by atoms with Crippen molar-refractivity contribution in [2.24, 2.45) is 5.41 Å². The molecule has 0 N–H and O–H groups in total. The Kier molecular flexibility index (Phi) is 11.4. The zero-order valence-corrected chi connectivity index (χ0v) is 15.1. The molecule has 134 valence electrons. The molecule has 0 aromatic carbocycles. The van der Waals surface area contributed by atoms with Crippen LogP contribution in [-0.2, 0) is 23.9 Å². The van der Waals surface area contributed by atoms with E-state index in [2.05, 4.69) is 0 Å². The number of ketones is 1. The highest BCUT2D eigenvalue weighted by Gasteiger charge is 2.31. The molecule has 0 saturated carbocycles. The number of hydrogen-bond acceptors (Lipinski definition) is 5. The number of Topliss-reactive ketones (excluding diaryl/α,β-unsaturated/α-hetero) is 1. The van der Waals surface area contributed by atoms with Crippen molar-refractivity contribution in [1.82, 2.24) is 0 Å². The van der Waals surface area contributed by atoms with Crippen LogP contribution in [0.25, 0.3) is 0 Å². The Morgan fingerprint density at radius 1 is 0.826 bits per heavy atom. The van der Waals surface area contributed by atoms with Gasteiger partial charge in [0.15, 0.2) is 0 Å². The molecule has 0 aromatic rings. The SMILES string of the molecule is CCCCOC(=O)CCC(C)(CCC(=O)OCCCC)C(C)=O. The number of carbonyl (C=O) groups is 3. The molecule has 0 rings (SSSR count). The Morgan fingerprint density at radius 3 is 1.52 bits per heavy atom. The number of esters is 2. The third-order valence-electron chi connectivity index (χ3n) is 4.13. The summed E-state index contributed by atoms with van der Waals surface area (Å²) in [5.74, 6) is -0.576. The van der Waals surface area contributed by atoms with E-state index in [1.807, 2.05) is 13.8 Å². The highest BCUT2D eigenvalue weighted by molar-refractivity contribution is 5.83. The molecule has 0 amide bonds. The molecule has 0 radical (unpaired) electrons. The minimum atomic E-state index is -0.687. The first-order chi connectivity index (χ1) is 10.9. The second kappa shape index (κ2) is 12.1. The van der Waals surface area contributed by atoms with E-state index >= 15 is 0 Å². The van der Waals surface area contributed by atoms with E-state index in [-0.39, 0.29) is 30.6 Å². The summed E-state index contributed by atoms with van der Waals surface area (Å²) in [6.45, 7) is 8.21. The number of ether oxygens (including phenoxy) is 2. The van der Waals surface area contributed by atoms with E-state index in [1.165, 1.54) is 6.92 Å². The average Bonchev–Trinajstić information content (AvgIpc) is 2.51. The van der Waals surface area contributed by atoms with E-state index in [1.54, 1.807) is 6.92 Å². The molecule has 0 spiro atoms. The van der Waals surface area contributed by atoms with Crippen molar-refractivity contribution < 1.29 is 23.9 Å². The zero-order valence-electron chi connectivity index (χ0n) is 15.1. The van der Waals surface area contributed by atoms with Gasteiger partial charge in [-0.2, -0.15) is 0 Å². The molecular weight excluding hydrogens is 296 g/mol. The lowest BCUT2D eigenvalue weighted by atomic mass is 9.78. The van der Waals surface area contributed by atoms with Crippen LogP contribution >= 0.6 is 0 Å². The number of rotatable bonds is 13. The largest absolute Gasteiger partial charge is 0.466 e. The fourth-order valence-electron chi connectivity index (χ4n) is 2.04. The summed E-state index contributed by atoms with van der Waals surface area (Å²) in [5.41, 5.74) is -0.687. The van der Waals surface area contributed by atoms with Gasteiger partial charge in [-0.15, -0.1) is 0 Å². The second-order valence-electron chi connectivity index (χ2n) is 6.26. The van der Waals surface area contributed by atoms with Gasteiger partial charge in [-0.3, -0.25) is 14.4 Å². The van der Waals surface area contributed by atoms with E-state index in [9.17, 15) is 14.4 Å². The third-order valence-corrected chi connectivity index (χ3v) is 4.13. The fourth-order valence-corrected chi connectivity index (χ4v) is 2.04. The van der Waals surface area contributed by atoms with Crippen LogP contribution in [0.2, 0.25) is 0 Å². The summed E-state index contributed by atoms with van der Waals surface area (Å²) in [6.07, 6.45) is 4.83. The Hall–Kier alpha value is -1.39. The van der Waals surface area contributed by atoms with Gasteiger partial charge in [0.1, 0.15) is 5.78 Å². The van der Waals surface area contributed by atoms with Crippen molar-refractivity contribution in [3.8, 4) is 0 Å². The van der Waals surface area contributed by atoms with E-state index in [4.69, 9.17) is 9.47 Å². The predicted octanol–water partition coefficient (Wildman–Crippen LogP) is 3.83. The number of carbonyl (C=O) groups excluding carboxylic acids is 3. The fraction of sp³-hybridized carbons (Fsp3) is 0.833. The quantitative estimate of drug-likeness (QED) is 0.379.